The molecule has 0 saturated heterocycles. The summed E-state index contributed by atoms with van der Waals surface area (Å²) in [7, 11) is 0. The summed E-state index contributed by atoms with van der Waals surface area (Å²) >= 11 is 1.64. The van der Waals surface area contributed by atoms with Crippen LogP contribution in [0, 0.1) is 10.1 Å². The molecule has 0 aromatic rings. The average Bonchev–Trinajstić information content (AvgIpc) is 1.39. The van der Waals surface area contributed by atoms with Crippen LogP contribution in [0.4, 0.5) is 0 Å². The zero-order valence-corrected chi connectivity index (χ0v) is 6.32. The molecular formula is C2H5NO2Sn-. The third-order valence-corrected chi connectivity index (χ3v) is 0. The van der Waals surface area contributed by atoms with E-state index in [1.54, 1.807) is 22.5 Å². The van der Waals surface area contributed by atoms with E-state index in [-0.39, 0.29) is 0 Å². The first-order chi connectivity index (χ1) is 2.83. The average molecular weight is 194 g/mol. The van der Waals surface area contributed by atoms with E-state index in [1.807, 2.05) is 0 Å². The van der Waals surface area contributed by atoms with Crippen LogP contribution in [-0.2, 0) is 0 Å². The van der Waals surface area contributed by atoms with E-state index in [0.29, 0.717) is 0 Å². The van der Waals surface area contributed by atoms with Crippen LogP contribution in [-0.4, -0.2) is 22.5 Å². The zero-order valence-electron chi connectivity index (χ0n) is 3.47. The number of hydrogen-bond donors (Lipinski definition) is 0. The predicted molar refractivity (Wildman–Crippen MR) is 25.4 cm³/mol. The van der Waals surface area contributed by atoms with Crippen molar-refractivity contribution in [3.05, 3.63) is 10.1 Å². The van der Waals surface area contributed by atoms with E-state index < -0.39 is 0 Å². The standard InChI is InChI=1S/C2H5.HNO2.Sn/c1-2;2-1-3;/h1H2,2H3;(H,2,3);/p-1. The normalized spacial score (nSPS) is 5.00. The molecular weight excluding hydrogens is 189 g/mol. The summed E-state index contributed by atoms with van der Waals surface area (Å²) in [6, 6.07) is 0. The Kier molecular flexibility index (Phi) is 30.0. The van der Waals surface area contributed by atoms with Crippen molar-refractivity contribution in [2.24, 2.45) is 5.34 Å². The molecule has 0 aliphatic carbocycles. The van der Waals surface area contributed by atoms with Gasteiger partial charge in [-0.25, -0.2) is 0 Å². The summed E-state index contributed by atoms with van der Waals surface area (Å²) in [5, 5.41) is 9.00. The second-order valence-corrected chi connectivity index (χ2v) is 2.45. The van der Waals surface area contributed by atoms with E-state index in [2.05, 4.69) is 6.92 Å². The minimum Gasteiger partial charge on any atom is -0.444 e. The van der Waals surface area contributed by atoms with Gasteiger partial charge < -0.3 is 10.1 Å². The van der Waals surface area contributed by atoms with Crippen molar-refractivity contribution in [2.45, 2.75) is 11.4 Å². The van der Waals surface area contributed by atoms with E-state index in [0.717, 1.165) is 5.34 Å². The Labute approximate surface area is 49.8 Å². The van der Waals surface area contributed by atoms with Crippen molar-refractivity contribution < 1.29 is 0 Å². The zero-order chi connectivity index (χ0) is 5.41. The van der Waals surface area contributed by atoms with E-state index >= 15 is 0 Å². The third kappa shape index (κ3) is 1090. The molecule has 0 aliphatic rings. The van der Waals surface area contributed by atoms with Gasteiger partial charge in [-0.1, -0.05) is 0 Å². The van der Waals surface area contributed by atoms with Crippen LogP contribution in [0.2, 0.25) is 4.44 Å². The van der Waals surface area contributed by atoms with Crippen molar-refractivity contribution in [2.75, 3.05) is 0 Å². The summed E-state index contributed by atoms with van der Waals surface area (Å²) < 4.78 is 1.34. The van der Waals surface area contributed by atoms with Crippen molar-refractivity contribution >= 4 is 22.5 Å². The first-order valence-corrected chi connectivity index (χ1v) is 3.44. The smallest absolute Gasteiger partial charge is 0.112 e. The van der Waals surface area contributed by atoms with Gasteiger partial charge in [-0.05, 0) is 0 Å². The van der Waals surface area contributed by atoms with Gasteiger partial charge in [0, 0.05) is 0 Å². The molecule has 0 aliphatic heterocycles. The van der Waals surface area contributed by atoms with E-state index in [9.17, 15) is 0 Å². The monoisotopic (exact) mass is 195 g/mol. The molecule has 0 bridgehead atoms. The Balaban J connectivity index is 0. The van der Waals surface area contributed by atoms with E-state index in [4.69, 9.17) is 10.1 Å². The van der Waals surface area contributed by atoms with Crippen LogP contribution >= 0.6 is 0 Å². The molecule has 0 aromatic heterocycles. The van der Waals surface area contributed by atoms with Crippen molar-refractivity contribution in [1.29, 1.82) is 0 Å². The molecule has 3 radical (unpaired) electrons. The minimum atomic E-state index is 1.00. The second kappa shape index (κ2) is 19.0. The van der Waals surface area contributed by atoms with Crippen LogP contribution in [0.25, 0.3) is 0 Å². The fourth-order valence-corrected chi connectivity index (χ4v) is 0. The maximum absolute atomic E-state index is 8.00. The fraction of sp³-hybridized carbons (Fsp3) is 1.00. The molecule has 0 aromatic carbocycles. The van der Waals surface area contributed by atoms with Gasteiger partial charge in [-0.15, -0.1) is 5.34 Å². The predicted octanol–water partition coefficient (Wildman–Crippen LogP) is 0.844. The Hall–Kier alpha value is 0.199. The van der Waals surface area contributed by atoms with Crippen LogP contribution < -0.4 is 0 Å². The Morgan fingerprint density at radius 1 is 2.00 bits per heavy atom. The molecule has 0 amide bonds. The quantitative estimate of drug-likeness (QED) is 0.325. The summed E-state index contributed by atoms with van der Waals surface area (Å²) in [4.78, 5) is 8.00. The molecule has 0 unspecified atom stereocenters. The van der Waals surface area contributed by atoms with Gasteiger partial charge in [0.15, 0.2) is 0 Å². The van der Waals surface area contributed by atoms with E-state index in [1.165, 1.54) is 4.44 Å². The molecule has 0 N–H and O–H groups in total. The van der Waals surface area contributed by atoms with Crippen LogP contribution in [0.3, 0.4) is 0 Å². The minimum absolute atomic E-state index is 1.00. The Bertz CT molecular complexity index is 25.5. The van der Waals surface area contributed by atoms with Crippen LogP contribution in [0.5, 0.6) is 0 Å². The topological polar surface area (TPSA) is 52.5 Å². The van der Waals surface area contributed by atoms with Crippen molar-refractivity contribution in [3.63, 3.8) is 0 Å². The SMILES string of the molecule is C[CH2][Sn].O=N[O-]. The molecule has 0 atom stereocenters. The third-order valence-electron chi connectivity index (χ3n) is 0. The first-order valence-electron chi connectivity index (χ1n) is 1.43. The number of nitrogens with zero attached hydrogens (tertiary/aromatic N) is 1. The maximum atomic E-state index is 8.00. The Morgan fingerprint density at radius 2 is 2.00 bits per heavy atom. The summed E-state index contributed by atoms with van der Waals surface area (Å²) in [6.45, 7) is 2.16. The second-order valence-electron chi connectivity index (χ2n) is 0.428. The molecule has 0 fully saturated rings. The first kappa shape index (κ1) is 9.50. The van der Waals surface area contributed by atoms with Crippen LogP contribution in [0.1, 0.15) is 6.92 Å². The summed E-state index contributed by atoms with van der Waals surface area (Å²) in [5.74, 6) is 0. The van der Waals surface area contributed by atoms with Gasteiger partial charge in [-0.2, -0.15) is 0 Å². The molecule has 35 valence electrons. The molecule has 0 heterocycles. The molecule has 4 heteroatoms. The van der Waals surface area contributed by atoms with Gasteiger partial charge >= 0.3 is 33.9 Å². The van der Waals surface area contributed by atoms with Gasteiger partial charge in [0.05, 0.1) is 0 Å². The van der Waals surface area contributed by atoms with Crippen molar-refractivity contribution in [3.8, 4) is 0 Å². The molecule has 0 spiro atoms. The molecule has 0 saturated carbocycles. The summed E-state index contributed by atoms with van der Waals surface area (Å²) in [6.07, 6.45) is 0. The summed E-state index contributed by atoms with van der Waals surface area (Å²) in [5.41, 5.74) is 0. The largest absolute Gasteiger partial charge is 0.444 e. The molecule has 6 heavy (non-hydrogen) atoms. The molecule has 0 rings (SSSR count). The molecule has 3 nitrogen and oxygen atoms in total. The van der Waals surface area contributed by atoms with Crippen LogP contribution in [0.15, 0.2) is 5.34 Å². The fourth-order valence-electron chi connectivity index (χ4n) is 0. The number of rotatable bonds is 0. The van der Waals surface area contributed by atoms with Crippen molar-refractivity contribution in [1.82, 2.24) is 0 Å². The van der Waals surface area contributed by atoms with Gasteiger partial charge in [-0.3, -0.25) is 0 Å². The van der Waals surface area contributed by atoms with Gasteiger partial charge in [0.2, 0.25) is 0 Å². The maximum Gasteiger partial charge on any atom is -0.112 e. The van der Waals surface area contributed by atoms with Gasteiger partial charge in [0.25, 0.3) is 0 Å². The van der Waals surface area contributed by atoms with Gasteiger partial charge in [0.1, 0.15) is 0 Å². The Morgan fingerprint density at radius 3 is 2.00 bits per heavy atom. The number of hydrogen-bond acceptors (Lipinski definition) is 3.